The van der Waals surface area contributed by atoms with Crippen molar-refractivity contribution >= 4 is 11.8 Å². The fourth-order valence-corrected chi connectivity index (χ4v) is 0.675. The molecule has 1 fully saturated rings. The Morgan fingerprint density at radius 3 is 2.90 bits per heavy atom. The van der Waals surface area contributed by atoms with Gasteiger partial charge in [-0.05, 0) is 0 Å². The first kappa shape index (κ1) is 7.01. The molecule has 5 heteroatoms. The summed E-state index contributed by atoms with van der Waals surface area (Å²) in [5, 5.41) is 2.45. The Morgan fingerprint density at radius 2 is 2.50 bits per heavy atom. The van der Waals surface area contributed by atoms with Gasteiger partial charge in [-0.15, -0.1) is 0 Å². The van der Waals surface area contributed by atoms with E-state index in [9.17, 15) is 9.59 Å². The van der Waals surface area contributed by atoms with Crippen LogP contribution in [0.5, 0.6) is 0 Å². The summed E-state index contributed by atoms with van der Waals surface area (Å²) in [5.41, 5.74) is 4.90. The highest BCUT2D eigenvalue weighted by molar-refractivity contribution is 5.83. The van der Waals surface area contributed by atoms with E-state index in [4.69, 9.17) is 10.5 Å². The number of nitrogens with two attached hydrogens (primary N) is 1. The normalized spacial score (nSPS) is 25.6. The van der Waals surface area contributed by atoms with Crippen molar-refractivity contribution in [1.29, 1.82) is 0 Å². The first-order chi connectivity index (χ1) is 4.70. The summed E-state index contributed by atoms with van der Waals surface area (Å²) in [7, 11) is 0. The average molecular weight is 144 g/mol. The molecule has 1 heterocycles. The highest BCUT2D eigenvalue weighted by atomic mass is 16.5. The van der Waals surface area contributed by atoms with Gasteiger partial charge in [0.05, 0.1) is 6.54 Å². The van der Waals surface area contributed by atoms with Crippen LogP contribution in [0.25, 0.3) is 0 Å². The lowest BCUT2D eigenvalue weighted by atomic mass is 10.3. The number of rotatable bonds is 1. The molecule has 56 valence electrons. The molecular formula is C5H8N2O3. The molecule has 2 amide bonds. The number of morpholine rings is 1. The van der Waals surface area contributed by atoms with Crippen molar-refractivity contribution < 1.29 is 14.3 Å². The van der Waals surface area contributed by atoms with Gasteiger partial charge >= 0.3 is 0 Å². The predicted molar refractivity (Wildman–Crippen MR) is 31.9 cm³/mol. The van der Waals surface area contributed by atoms with Gasteiger partial charge in [0.2, 0.25) is 11.8 Å². The number of carbonyl (C=O) groups excluding carboxylic acids is 2. The molecule has 0 spiro atoms. The Labute approximate surface area is 57.5 Å². The maximum atomic E-state index is 10.4. The largest absolute Gasteiger partial charge is 0.367 e. The lowest BCUT2D eigenvalue weighted by Gasteiger charge is -2.19. The van der Waals surface area contributed by atoms with Crippen LogP contribution in [-0.2, 0) is 14.3 Å². The van der Waals surface area contributed by atoms with Gasteiger partial charge in [-0.2, -0.15) is 0 Å². The number of hydrogen-bond acceptors (Lipinski definition) is 3. The van der Waals surface area contributed by atoms with Crippen molar-refractivity contribution in [3.8, 4) is 0 Å². The zero-order chi connectivity index (χ0) is 7.56. The Hall–Kier alpha value is -1.10. The van der Waals surface area contributed by atoms with Gasteiger partial charge in [-0.25, -0.2) is 0 Å². The highest BCUT2D eigenvalue weighted by Gasteiger charge is 2.22. The van der Waals surface area contributed by atoms with Gasteiger partial charge in [0.1, 0.15) is 6.61 Å². The number of primary amides is 1. The minimum absolute atomic E-state index is 0.0758. The van der Waals surface area contributed by atoms with Crippen molar-refractivity contribution in [2.45, 2.75) is 6.10 Å². The molecule has 0 radical (unpaired) electrons. The van der Waals surface area contributed by atoms with Crippen LogP contribution >= 0.6 is 0 Å². The van der Waals surface area contributed by atoms with Crippen LogP contribution in [0, 0.1) is 0 Å². The van der Waals surface area contributed by atoms with Crippen LogP contribution in [0.2, 0.25) is 0 Å². The van der Waals surface area contributed by atoms with Gasteiger partial charge in [-0.3, -0.25) is 9.59 Å². The summed E-state index contributed by atoms with van der Waals surface area (Å²) < 4.78 is 4.77. The van der Waals surface area contributed by atoms with Crippen molar-refractivity contribution in [2.24, 2.45) is 5.73 Å². The lowest BCUT2D eigenvalue weighted by Crippen LogP contribution is -2.48. The molecule has 1 aliphatic heterocycles. The van der Waals surface area contributed by atoms with Crippen LogP contribution in [0.4, 0.5) is 0 Å². The molecule has 0 bridgehead atoms. The van der Waals surface area contributed by atoms with E-state index in [1.807, 2.05) is 0 Å². The molecule has 1 saturated heterocycles. The summed E-state index contributed by atoms with van der Waals surface area (Å²) in [6.45, 7) is 0.113. The van der Waals surface area contributed by atoms with Crippen LogP contribution in [0.15, 0.2) is 0 Å². The third-order valence-electron chi connectivity index (χ3n) is 1.22. The second-order valence-electron chi connectivity index (χ2n) is 2.01. The van der Waals surface area contributed by atoms with Gasteiger partial charge in [-0.1, -0.05) is 0 Å². The maximum Gasteiger partial charge on any atom is 0.248 e. The van der Waals surface area contributed by atoms with Crippen LogP contribution in [0.3, 0.4) is 0 Å². The number of amides is 2. The molecule has 1 rings (SSSR count). The zero-order valence-electron chi connectivity index (χ0n) is 5.29. The summed E-state index contributed by atoms with van der Waals surface area (Å²) in [6, 6.07) is 0. The molecule has 5 nitrogen and oxygen atoms in total. The van der Waals surface area contributed by atoms with Crippen LogP contribution < -0.4 is 11.1 Å². The number of nitrogens with one attached hydrogen (secondary N) is 1. The smallest absolute Gasteiger partial charge is 0.248 e. The van der Waals surface area contributed by atoms with E-state index in [-0.39, 0.29) is 19.1 Å². The molecule has 0 aliphatic carbocycles. The van der Waals surface area contributed by atoms with E-state index in [1.165, 1.54) is 0 Å². The second kappa shape index (κ2) is 2.66. The van der Waals surface area contributed by atoms with Gasteiger partial charge in [0, 0.05) is 0 Å². The van der Waals surface area contributed by atoms with Crippen molar-refractivity contribution in [3.63, 3.8) is 0 Å². The number of carbonyl (C=O) groups is 2. The molecule has 0 aromatic rings. The Balaban J connectivity index is 2.40. The molecule has 0 aromatic heterocycles. The summed E-state index contributed by atoms with van der Waals surface area (Å²) >= 11 is 0. The topological polar surface area (TPSA) is 81.4 Å². The number of ether oxygens (including phenoxy) is 1. The Bertz CT molecular complexity index is 158. The summed E-state index contributed by atoms with van der Waals surface area (Å²) in [6.07, 6.45) is -0.655. The third kappa shape index (κ3) is 1.44. The van der Waals surface area contributed by atoms with E-state index in [1.54, 1.807) is 0 Å². The van der Waals surface area contributed by atoms with E-state index in [0.29, 0.717) is 0 Å². The van der Waals surface area contributed by atoms with Crippen molar-refractivity contribution in [2.75, 3.05) is 13.2 Å². The van der Waals surface area contributed by atoms with Crippen molar-refractivity contribution in [1.82, 2.24) is 5.32 Å². The maximum absolute atomic E-state index is 10.4. The molecular weight excluding hydrogens is 136 g/mol. The SMILES string of the molecule is NC(=O)C1CNC(=O)CO1. The van der Waals surface area contributed by atoms with E-state index in [2.05, 4.69) is 5.32 Å². The van der Waals surface area contributed by atoms with Gasteiger partial charge in [0.25, 0.3) is 0 Å². The molecule has 1 aliphatic rings. The van der Waals surface area contributed by atoms with Crippen molar-refractivity contribution in [3.05, 3.63) is 0 Å². The van der Waals surface area contributed by atoms with E-state index in [0.717, 1.165) is 0 Å². The third-order valence-corrected chi connectivity index (χ3v) is 1.22. The average Bonchev–Trinajstić information content (AvgIpc) is 1.88. The standard InChI is InChI=1S/C5H8N2O3/c6-5(9)3-1-7-4(8)2-10-3/h3H,1-2H2,(H2,6,9)(H,7,8). The predicted octanol–water partition coefficient (Wildman–Crippen LogP) is -2.01. The fraction of sp³-hybridized carbons (Fsp3) is 0.600. The monoisotopic (exact) mass is 144 g/mol. The van der Waals surface area contributed by atoms with Crippen LogP contribution in [-0.4, -0.2) is 31.1 Å². The molecule has 0 saturated carbocycles. The Morgan fingerprint density at radius 1 is 1.80 bits per heavy atom. The quantitative estimate of drug-likeness (QED) is 0.446. The first-order valence-corrected chi connectivity index (χ1v) is 2.88. The lowest BCUT2D eigenvalue weighted by molar-refractivity contribution is -0.141. The minimum Gasteiger partial charge on any atom is -0.367 e. The Kier molecular flexibility index (Phi) is 1.86. The first-order valence-electron chi connectivity index (χ1n) is 2.88. The van der Waals surface area contributed by atoms with Gasteiger partial charge < -0.3 is 15.8 Å². The van der Waals surface area contributed by atoms with E-state index >= 15 is 0 Å². The minimum atomic E-state index is -0.655. The summed E-state index contributed by atoms with van der Waals surface area (Å²) in [5.74, 6) is -0.752. The molecule has 1 unspecified atom stereocenters. The molecule has 3 N–H and O–H groups in total. The summed E-state index contributed by atoms with van der Waals surface area (Å²) in [4.78, 5) is 20.8. The molecule has 10 heavy (non-hydrogen) atoms. The molecule has 1 atom stereocenters. The van der Waals surface area contributed by atoms with Crippen LogP contribution in [0.1, 0.15) is 0 Å². The zero-order valence-corrected chi connectivity index (χ0v) is 5.29. The highest BCUT2D eigenvalue weighted by Crippen LogP contribution is 1.94. The van der Waals surface area contributed by atoms with E-state index < -0.39 is 12.0 Å². The fourth-order valence-electron chi connectivity index (χ4n) is 0.675. The molecule has 0 aromatic carbocycles. The second-order valence-corrected chi connectivity index (χ2v) is 2.01. The number of hydrogen-bond donors (Lipinski definition) is 2. The van der Waals surface area contributed by atoms with Gasteiger partial charge in [0.15, 0.2) is 6.10 Å².